The molecule has 0 radical (unpaired) electrons. The van der Waals surface area contributed by atoms with Crippen molar-refractivity contribution in [2.45, 2.75) is 45.8 Å². The number of nitrogens with zero attached hydrogens (tertiary/aromatic N) is 2. The lowest BCUT2D eigenvalue weighted by atomic mass is 10.1. The lowest BCUT2D eigenvalue weighted by Gasteiger charge is -2.20. The van der Waals surface area contributed by atoms with Crippen LogP contribution in [0, 0.1) is 13.8 Å². The molecule has 2 atom stereocenters. The number of aryl methyl sites for hydroxylation is 1. The van der Waals surface area contributed by atoms with Crippen LogP contribution in [0.15, 0.2) is 30.5 Å². The molecule has 0 aromatic carbocycles. The Hall–Kier alpha value is -2.14. The second kappa shape index (κ2) is 6.54. The van der Waals surface area contributed by atoms with E-state index in [2.05, 4.69) is 10.3 Å². The zero-order chi connectivity index (χ0) is 16.4. The Morgan fingerprint density at radius 2 is 2.26 bits per heavy atom. The molecule has 0 spiro atoms. The Morgan fingerprint density at radius 1 is 1.43 bits per heavy atom. The molecule has 0 unspecified atom stereocenters. The topological polar surface area (TPSA) is 56.1 Å². The first-order valence-electron chi connectivity index (χ1n) is 8.10. The predicted molar refractivity (Wildman–Crippen MR) is 88.9 cm³/mol. The first-order valence-corrected chi connectivity index (χ1v) is 8.10. The van der Waals surface area contributed by atoms with Crippen LogP contribution in [0.2, 0.25) is 0 Å². The summed E-state index contributed by atoms with van der Waals surface area (Å²) in [6.45, 7) is 6.74. The molecule has 0 aliphatic carbocycles. The molecule has 3 heterocycles. The lowest BCUT2D eigenvalue weighted by Crippen LogP contribution is -2.40. The normalized spacial score (nSPS) is 18.8. The van der Waals surface area contributed by atoms with Gasteiger partial charge in [-0.05, 0) is 51.8 Å². The van der Waals surface area contributed by atoms with Gasteiger partial charge in [0.15, 0.2) is 0 Å². The van der Waals surface area contributed by atoms with Gasteiger partial charge >= 0.3 is 0 Å². The molecular formula is C18H23N3O2. The molecule has 1 saturated heterocycles. The van der Waals surface area contributed by atoms with Gasteiger partial charge in [-0.1, -0.05) is 6.07 Å². The molecule has 0 saturated carbocycles. The van der Waals surface area contributed by atoms with E-state index in [0.717, 1.165) is 36.7 Å². The first kappa shape index (κ1) is 15.7. The van der Waals surface area contributed by atoms with Crippen molar-refractivity contribution in [1.29, 1.82) is 0 Å². The SMILES string of the molecule is Cc1cc(C(=O)N[C@@H](C)[C@H]2CCCO2)c(C)n1-c1ccccn1. The Morgan fingerprint density at radius 3 is 2.91 bits per heavy atom. The average Bonchev–Trinajstić information content (AvgIpc) is 3.16. The zero-order valence-corrected chi connectivity index (χ0v) is 13.9. The second-order valence-corrected chi connectivity index (χ2v) is 6.12. The number of hydrogen-bond donors (Lipinski definition) is 1. The maximum absolute atomic E-state index is 12.6. The fourth-order valence-electron chi connectivity index (χ4n) is 3.21. The smallest absolute Gasteiger partial charge is 0.253 e. The van der Waals surface area contributed by atoms with Crippen LogP contribution in [-0.2, 0) is 4.74 Å². The highest BCUT2D eigenvalue weighted by Gasteiger charge is 2.25. The predicted octanol–water partition coefficient (Wildman–Crippen LogP) is 2.79. The van der Waals surface area contributed by atoms with Gasteiger partial charge < -0.3 is 14.6 Å². The van der Waals surface area contributed by atoms with Gasteiger partial charge in [0.2, 0.25) is 0 Å². The molecule has 1 N–H and O–H groups in total. The van der Waals surface area contributed by atoms with E-state index in [9.17, 15) is 4.79 Å². The summed E-state index contributed by atoms with van der Waals surface area (Å²) < 4.78 is 7.66. The third-order valence-corrected chi connectivity index (χ3v) is 4.44. The van der Waals surface area contributed by atoms with Gasteiger partial charge in [0, 0.05) is 24.2 Å². The van der Waals surface area contributed by atoms with Gasteiger partial charge in [-0.3, -0.25) is 4.79 Å². The van der Waals surface area contributed by atoms with Crippen LogP contribution in [0.3, 0.4) is 0 Å². The third-order valence-electron chi connectivity index (χ3n) is 4.44. The number of pyridine rings is 1. The molecule has 0 bridgehead atoms. The highest BCUT2D eigenvalue weighted by atomic mass is 16.5. The summed E-state index contributed by atoms with van der Waals surface area (Å²) in [5, 5.41) is 3.07. The molecule has 1 fully saturated rings. The van der Waals surface area contributed by atoms with Crippen molar-refractivity contribution < 1.29 is 9.53 Å². The third kappa shape index (κ3) is 3.15. The number of rotatable bonds is 4. The van der Waals surface area contributed by atoms with E-state index in [4.69, 9.17) is 4.74 Å². The van der Waals surface area contributed by atoms with Gasteiger partial charge in [0.05, 0.1) is 17.7 Å². The Kier molecular flexibility index (Phi) is 4.48. The fourth-order valence-corrected chi connectivity index (χ4v) is 3.21. The number of amides is 1. The molecule has 2 aromatic rings. The molecule has 5 heteroatoms. The Labute approximate surface area is 136 Å². The van der Waals surface area contributed by atoms with Crippen molar-refractivity contribution in [3.05, 3.63) is 47.4 Å². The second-order valence-electron chi connectivity index (χ2n) is 6.12. The molecule has 122 valence electrons. The lowest BCUT2D eigenvalue weighted by molar-refractivity contribution is 0.0712. The van der Waals surface area contributed by atoms with Gasteiger partial charge in [0.1, 0.15) is 5.82 Å². The maximum Gasteiger partial charge on any atom is 0.253 e. The van der Waals surface area contributed by atoms with Crippen molar-refractivity contribution in [2.24, 2.45) is 0 Å². The first-order chi connectivity index (χ1) is 11.1. The summed E-state index contributed by atoms with van der Waals surface area (Å²) in [7, 11) is 0. The molecule has 5 nitrogen and oxygen atoms in total. The van der Waals surface area contributed by atoms with Crippen molar-refractivity contribution in [3.63, 3.8) is 0 Å². The minimum Gasteiger partial charge on any atom is -0.376 e. The molecule has 1 amide bonds. The Balaban J connectivity index is 1.82. The summed E-state index contributed by atoms with van der Waals surface area (Å²) in [5.41, 5.74) is 2.59. The molecular weight excluding hydrogens is 290 g/mol. The summed E-state index contributed by atoms with van der Waals surface area (Å²) in [5.74, 6) is 0.775. The highest BCUT2D eigenvalue weighted by Crippen LogP contribution is 2.20. The number of carbonyl (C=O) groups is 1. The zero-order valence-electron chi connectivity index (χ0n) is 13.9. The van der Waals surface area contributed by atoms with E-state index in [1.807, 2.05) is 49.6 Å². The van der Waals surface area contributed by atoms with Crippen molar-refractivity contribution in [1.82, 2.24) is 14.9 Å². The summed E-state index contributed by atoms with van der Waals surface area (Å²) >= 11 is 0. The molecule has 3 rings (SSSR count). The van der Waals surface area contributed by atoms with Crippen molar-refractivity contribution >= 4 is 5.91 Å². The van der Waals surface area contributed by atoms with E-state index in [-0.39, 0.29) is 18.1 Å². The summed E-state index contributed by atoms with van der Waals surface area (Å²) in [6.07, 6.45) is 3.96. The van der Waals surface area contributed by atoms with Crippen LogP contribution >= 0.6 is 0 Å². The van der Waals surface area contributed by atoms with Crippen LogP contribution in [0.5, 0.6) is 0 Å². The van der Waals surface area contributed by atoms with E-state index in [1.165, 1.54) is 0 Å². The van der Waals surface area contributed by atoms with Gasteiger partial charge in [-0.15, -0.1) is 0 Å². The Bertz CT molecular complexity index is 688. The number of aromatic nitrogens is 2. The largest absolute Gasteiger partial charge is 0.376 e. The maximum atomic E-state index is 12.6. The minimum absolute atomic E-state index is 0.0166. The number of hydrogen-bond acceptors (Lipinski definition) is 3. The van der Waals surface area contributed by atoms with Crippen LogP contribution in [0.1, 0.15) is 41.5 Å². The quantitative estimate of drug-likeness (QED) is 0.944. The molecule has 1 aliphatic rings. The molecule has 2 aromatic heterocycles. The standard InChI is InChI=1S/C18H23N3O2/c1-12-11-15(14(3)21(12)17-8-4-5-9-19-17)18(22)20-13(2)16-7-6-10-23-16/h4-5,8-9,11,13,16H,6-7,10H2,1-3H3,(H,20,22)/t13-,16+/m0/s1. The summed E-state index contributed by atoms with van der Waals surface area (Å²) in [6, 6.07) is 7.70. The van der Waals surface area contributed by atoms with Crippen LogP contribution < -0.4 is 5.32 Å². The van der Waals surface area contributed by atoms with Crippen LogP contribution in [0.25, 0.3) is 5.82 Å². The van der Waals surface area contributed by atoms with E-state index >= 15 is 0 Å². The van der Waals surface area contributed by atoms with Gasteiger partial charge in [-0.2, -0.15) is 0 Å². The number of carbonyl (C=O) groups excluding carboxylic acids is 1. The molecule has 23 heavy (non-hydrogen) atoms. The number of ether oxygens (including phenoxy) is 1. The van der Waals surface area contributed by atoms with Crippen molar-refractivity contribution in [2.75, 3.05) is 6.61 Å². The van der Waals surface area contributed by atoms with Crippen LogP contribution in [-0.4, -0.2) is 34.2 Å². The fraction of sp³-hybridized carbons (Fsp3) is 0.444. The van der Waals surface area contributed by atoms with E-state index in [0.29, 0.717) is 5.56 Å². The van der Waals surface area contributed by atoms with E-state index < -0.39 is 0 Å². The van der Waals surface area contributed by atoms with Crippen molar-refractivity contribution in [3.8, 4) is 5.82 Å². The van der Waals surface area contributed by atoms with E-state index in [1.54, 1.807) is 6.20 Å². The highest BCUT2D eigenvalue weighted by molar-refractivity contribution is 5.96. The molecule has 1 aliphatic heterocycles. The minimum atomic E-state index is -0.0525. The van der Waals surface area contributed by atoms with Gasteiger partial charge in [0.25, 0.3) is 5.91 Å². The summed E-state index contributed by atoms with van der Waals surface area (Å²) in [4.78, 5) is 17.0. The number of nitrogens with one attached hydrogen (secondary N) is 1. The monoisotopic (exact) mass is 313 g/mol. The van der Waals surface area contributed by atoms with Crippen LogP contribution in [0.4, 0.5) is 0 Å². The van der Waals surface area contributed by atoms with Gasteiger partial charge in [-0.25, -0.2) is 4.98 Å². The average molecular weight is 313 g/mol.